The lowest BCUT2D eigenvalue weighted by molar-refractivity contribution is -0.0297. The largest absolute Gasteiger partial charge is 0.389 e. The highest BCUT2D eigenvalue weighted by molar-refractivity contribution is 5.05. The summed E-state index contributed by atoms with van der Waals surface area (Å²) in [5.41, 5.74) is 1.21. The van der Waals surface area contributed by atoms with E-state index in [1.807, 2.05) is 6.92 Å². The van der Waals surface area contributed by atoms with Gasteiger partial charge in [0.05, 0.1) is 17.0 Å². The Kier molecular flexibility index (Phi) is 4.53. The van der Waals surface area contributed by atoms with Crippen LogP contribution in [0.4, 0.5) is 0 Å². The molecule has 1 fully saturated rings. The topological polar surface area (TPSA) is 49.2 Å². The van der Waals surface area contributed by atoms with Gasteiger partial charge in [0.2, 0.25) is 0 Å². The molecule has 1 aliphatic heterocycles. The number of likely N-dealkylation sites (tertiary alicyclic amines) is 1. The monoisotopic (exact) mass is 263 g/mol. The Morgan fingerprint density at radius 2 is 2.00 bits per heavy atom. The molecule has 1 saturated heterocycles. The predicted octanol–water partition coefficient (Wildman–Crippen LogP) is 1.95. The third-order valence-corrected chi connectivity index (χ3v) is 4.29. The van der Waals surface area contributed by atoms with Crippen LogP contribution in [-0.4, -0.2) is 44.7 Å². The van der Waals surface area contributed by atoms with Gasteiger partial charge in [-0.05, 0) is 33.1 Å². The van der Waals surface area contributed by atoms with Crippen molar-refractivity contribution in [3.63, 3.8) is 0 Å². The van der Waals surface area contributed by atoms with E-state index in [1.165, 1.54) is 6.42 Å². The Labute approximate surface area is 115 Å². The molecule has 1 aromatic rings. The van der Waals surface area contributed by atoms with Crippen LogP contribution < -0.4 is 0 Å². The van der Waals surface area contributed by atoms with Crippen LogP contribution in [-0.2, 0) is 6.42 Å². The predicted molar refractivity (Wildman–Crippen MR) is 76.0 cm³/mol. The second kappa shape index (κ2) is 5.97. The van der Waals surface area contributed by atoms with Crippen LogP contribution in [0.1, 0.15) is 44.5 Å². The average Bonchev–Trinajstić information content (AvgIpc) is 2.41. The molecular formula is C15H25N3O. The SMILES string of the molecule is CCC(C)N1CCC(O)(Cc2cnc(C)cn2)CC1. The van der Waals surface area contributed by atoms with Gasteiger partial charge < -0.3 is 10.0 Å². The first kappa shape index (κ1) is 14.4. The quantitative estimate of drug-likeness (QED) is 0.902. The van der Waals surface area contributed by atoms with Gasteiger partial charge in [-0.3, -0.25) is 9.97 Å². The minimum Gasteiger partial charge on any atom is -0.389 e. The van der Waals surface area contributed by atoms with Crippen LogP contribution in [0.25, 0.3) is 0 Å². The van der Waals surface area contributed by atoms with Crippen molar-refractivity contribution in [3.8, 4) is 0 Å². The van der Waals surface area contributed by atoms with E-state index in [-0.39, 0.29) is 0 Å². The van der Waals surface area contributed by atoms with Gasteiger partial charge in [-0.15, -0.1) is 0 Å². The summed E-state index contributed by atoms with van der Waals surface area (Å²) in [7, 11) is 0. The van der Waals surface area contributed by atoms with E-state index in [1.54, 1.807) is 12.4 Å². The maximum absolute atomic E-state index is 10.7. The number of rotatable bonds is 4. The maximum atomic E-state index is 10.7. The van der Waals surface area contributed by atoms with Gasteiger partial charge in [0.1, 0.15) is 0 Å². The third kappa shape index (κ3) is 3.74. The lowest BCUT2D eigenvalue weighted by Gasteiger charge is -2.40. The zero-order valence-corrected chi connectivity index (χ0v) is 12.3. The summed E-state index contributed by atoms with van der Waals surface area (Å²) in [5.74, 6) is 0. The summed E-state index contributed by atoms with van der Waals surface area (Å²) in [6, 6.07) is 0.615. The van der Waals surface area contributed by atoms with E-state index >= 15 is 0 Å². The molecule has 1 aliphatic rings. The van der Waals surface area contributed by atoms with Gasteiger partial charge in [-0.2, -0.15) is 0 Å². The number of hydrogen-bond donors (Lipinski definition) is 1. The zero-order chi connectivity index (χ0) is 13.9. The number of hydrogen-bond acceptors (Lipinski definition) is 4. The third-order valence-electron chi connectivity index (χ3n) is 4.29. The summed E-state index contributed by atoms with van der Waals surface area (Å²) in [4.78, 5) is 11.1. The number of piperidine rings is 1. The van der Waals surface area contributed by atoms with Crippen molar-refractivity contribution < 1.29 is 5.11 Å². The van der Waals surface area contributed by atoms with Gasteiger partial charge in [0.25, 0.3) is 0 Å². The van der Waals surface area contributed by atoms with E-state index in [0.29, 0.717) is 12.5 Å². The first-order valence-electron chi connectivity index (χ1n) is 7.26. The van der Waals surface area contributed by atoms with Crippen LogP contribution in [0.2, 0.25) is 0 Å². The number of aliphatic hydroxyl groups is 1. The zero-order valence-electron chi connectivity index (χ0n) is 12.3. The van der Waals surface area contributed by atoms with Crippen molar-refractivity contribution >= 4 is 0 Å². The van der Waals surface area contributed by atoms with E-state index < -0.39 is 5.60 Å². The van der Waals surface area contributed by atoms with Crippen LogP contribution in [0.3, 0.4) is 0 Å². The lowest BCUT2D eigenvalue weighted by atomic mass is 9.86. The molecule has 0 saturated carbocycles. The second-order valence-electron chi connectivity index (χ2n) is 5.84. The van der Waals surface area contributed by atoms with Crippen LogP contribution in [0, 0.1) is 6.92 Å². The lowest BCUT2D eigenvalue weighted by Crippen LogP contribution is -2.48. The highest BCUT2D eigenvalue weighted by atomic mass is 16.3. The van der Waals surface area contributed by atoms with E-state index in [9.17, 15) is 5.11 Å². The number of nitrogens with zero attached hydrogens (tertiary/aromatic N) is 3. The van der Waals surface area contributed by atoms with Gasteiger partial charge >= 0.3 is 0 Å². The molecule has 1 N–H and O–H groups in total. The molecule has 0 aliphatic carbocycles. The highest BCUT2D eigenvalue weighted by Gasteiger charge is 2.33. The number of aromatic nitrogens is 2. The minimum atomic E-state index is -0.603. The second-order valence-corrected chi connectivity index (χ2v) is 5.84. The Morgan fingerprint density at radius 3 is 2.53 bits per heavy atom. The molecule has 19 heavy (non-hydrogen) atoms. The molecule has 1 unspecified atom stereocenters. The highest BCUT2D eigenvalue weighted by Crippen LogP contribution is 2.27. The van der Waals surface area contributed by atoms with Gasteiger partial charge in [0, 0.05) is 37.9 Å². The van der Waals surface area contributed by atoms with Crippen molar-refractivity contribution in [3.05, 3.63) is 23.8 Å². The summed E-state index contributed by atoms with van der Waals surface area (Å²) < 4.78 is 0. The van der Waals surface area contributed by atoms with Gasteiger partial charge in [-0.25, -0.2) is 0 Å². The van der Waals surface area contributed by atoms with E-state index in [0.717, 1.165) is 37.3 Å². The molecule has 2 rings (SSSR count). The Bertz CT molecular complexity index is 396. The standard InChI is InChI=1S/C15H25N3O/c1-4-13(3)18-7-5-15(19,6-8-18)9-14-11-16-12(2)10-17-14/h10-11,13,19H,4-9H2,1-3H3. The Balaban J connectivity index is 1.93. The van der Waals surface area contributed by atoms with Gasteiger partial charge in [-0.1, -0.05) is 6.92 Å². The van der Waals surface area contributed by atoms with E-state index in [4.69, 9.17) is 0 Å². The Morgan fingerprint density at radius 1 is 1.32 bits per heavy atom. The molecular weight excluding hydrogens is 238 g/mol. The molecule has 2 heterocycles. The molecule has 4 nitrogen and oxygen atoms in total. The number of aryl methyl sites for hydroxylation is 1. The van der Waals surface area contributed by atoms with Gasteiger partial charge in [0.15, 0.2) is 0 Å². The van der Waals surface area contributed by atoms with Crippen LogP contribution >= 0.6 is 0 Å². The fraction of sp³-hybridized carbons (Fsp3) is 0.733. The molecule has 0 aromatic carbocycles. The first-order valence-corrected chi connectivity index (χ1v) is 7.26. The summed E-state index contributed by atoms with van der Waals surface area (Å²) in [6.07, 6.45) is 7.00. The van der Waals surface area contributed by atoms with Crippen molar-refractivity contribution in [2.75, 3.05) is 13.1 Å². The molecule has 0 spiro atoms. The first-order chi connectivity index (χ1) is 9.02. The Hall–Kier alpha value is -1.00. The fourth-order valence-electron chi connectivity index (χ4n) is 2.66. The van der Waals surface area contributed by atoms with Crippen molar-refractivity contribution in [2.24, 2.45) is 0 Å². The fourth-order valence-corrected chi connectivity index (χ4v) is 2.66. The van der Waals surface area contributed by atoms with Crippen LogP contribution in [0.15, 0.2) is 12.4 Å². The molecule has 0 amide bonds. The minimum absolute atomic E-state index is 0.603. The molecule has 1 aromatic heterocycles. The van der Waals surface area contributed by atoms with Crippen LogP contribution in [0.5, 0.6) is 0 Å². The van der Waals surface area contributed by atoms with Crippen molar-refractivity contribution in [1.29, 1.82) is 0 Å². The van der Waals surface area contributed by atoms with E-state index in [2.05, 4.69) is 28.7 Å². The summed E-state index contributed by atoms with van der Waals surface area (Å²) >= 11 is 0. The molecule has 106 valence electrons. The molecule has 0 radical (unpaired) electrons. The average molecular weight is 263 g/mol. The smallest absolute Gasteiger partial charge is 0.0728 e. The normalized spacial score (nSPS) is 21.3. The molecule has 0 bridgehead atoms. The summed E-state index contributed by atoms with van der Waals surface area (Å²) in [5, 5.41) is 10.7. The molecule has 1 atom stereocenters. The molecule has 4 heteroatoms. The van der Waals surface area contributed by atoms with Crippen molar-refractivity contribution in [2.45, 2.75) is 58.1 Å². The maximum Gasteiger partial charge on any atom is 0.0728 e. The summed E-state index contributed by atoms with van der Waals surface area (Å²) in [6.45, 7) is 8.36. The van der Waals surface area contributed by atoms with Crippen molar-refractivity contribution in [1.82, 2.24) is 14.9 Å².